The van der Waals surface area contributed by atoms with Crippen LogP contribution in [0.4, 0.5) is 5.69 Å². The highest BCUT2D eigenvalue weighted by Crippen LogP contribution is 2.41. The Hall–Kier alpha value is -2.19. The minimum atomic E-state index is -3.68. The summed E-state index contributed by atoms with van der Waals surface area (Å²) in [4.78, 5) is 13.8. The number of amides is 1. The highest BCUT2D eigenvalue weighted by atomic mass is 35.5. The molecule has 0 atom stereocenters. The second-order valence-electron chi connectivity index (χ2n) is 7.23. The molecule has 1 aliphatic carbocycles. The number of fused-ring (bicyclic) bond motifs is 1. The van der Waals surface area contributed by atoms with Crippen molar-refractivity contribution in [1.82, 2.24) is 0 Å². The zero-order valence-corrected chi connectivity index (χ0v) is 20.2. The molecule has 0 saturated carbocycles. The number of nitrogens with one attached hydrogen (secondary N) is 1. The quantitative estimate of drug-likeness (QED) is 0.505. The van der Waals surface area contributed by atoms with E-state index in [1.165, 1.54) is 17.8 Å². The maximum Gasteiger partial charge on any atom is 0.262 e. The van der Waals surface area contributed by atoms with Crippen molar-refractivity contribution >= 4 is 62.5 Å². The monoisotopic (exact) mass is 507 g/mol. The maximum absolute atomic E-state index is 13.1. The van der Waals surface area contributed by atoms with Crippen LogP contribution in [0.25, 0.3) is 6.08 Å². The summed E-state index contributed by atoms with van der Waals surface area (Å²) < 4.78 is 31.3. The smallest absolute Gasteiger partial charge is 0.262 e. The van der Waals surface area contributed by atoms with Crippen molar-refractivity contribution in [3.05, 3.63) is 74.6 Å². The molecule has 32 heavy (non-hydrogen) atoms. The van der Waals surface area contributed by atoms with E-state index in [4.69, 9.17) is 27.9 Å². The van der Waals surface area contributed by atoms with Crippen molar-refractivity contribution in [3.8, 4) is 5.75 Å². The van der Waals surface area contributed by atoms with E-state index in [-0.39, 0.29) is 16.6 Å². The zero-order chi connectivity index (χ0) is 22.9. The number of halogens is 2. The molecule has 1 aliphatic heterocycles. The normalized spacial score (nSPS) is 17.7. The van der Waals surface area contributed by atoms with E-state index in [1.54, 1.807) is 43.5 Å². The molecule has 2 aliphatic rings. The fourth-order valence-corrected chi connectivity index (χ4v) is 6.62. The van der Waals surface area contributed by atoms with Gasteiger partial charge in [-0.05, 0) is 54.8 Å². The minimum Gasteiger partial charge on any atom is -0.497 e. The van der Waals surface area contributed by atoms with Crippen LogP contribution in [-0.4, -0.2) is 27.2 Å². The summed E-state index contributed by atoms with van der Waals surface area (Å²) in [5.74, 6) is 0.201. The topological polar surface area (TPSA) is 72.5 Å². The number of allylic oxidation sites excluding steroid dienone is 3. The Bertz CT molecular complexity index is 1280. The lowest BCUT2D eigenvalue weighted by Crippen LogP contribution is -2.18. The summed E-state index contributed by atoms with van der Waals surface area (Å²) in [6.45, 7) is 0. The van der Waals surface area contributed by atoms with E-state index in [0.29, 0.717) is 44.0 Å². The summed E-state index contributed by atoms with van der Waals surface area (Å²) in [5, 5.41) is 3.68. The lowest BCUT2D eigenvalue weighted by atomic mass is 10.1. The number of methoxy groups -OCH3 is 1. The minimum absolute atomic E-state index is 0.149. The van der Waals surface area contributed by atoms with Gasteiger partial charge in [-0.15, -0.1) is 0 Å². The van der Waals surface area contributed by atoms with E-state index in [2.05, 4.69) is 5.32 Å². The molecule has 2 aromatic rings. The third-order valence-electron chi connectivity index (χ3n) is 5.06. The largest absolute Gasteiger partial charge is 0.497 e. The first-order chi connectivity index (χ1) is 15.3. The van der Waals surface area contributed by atoms with Crippen LogP contribution in [-0.2, 0) is 14.6 Å². The van der Waals surface area contributed by atoms with E-state index in [1.807, 2.05) is 12.1 Å². The van der Waals surface area contributed by atoms with Gasteiger partial charge in [0.15, 0.2) is 9.84 Å². The van der Waals surface area contributed by atoms with E-state index < -0.39 is 9.84 Å². The van der Waals surface area contributed by atoms with Gasteiger partial charge < -0.3 is 10.1 Å². The van der Waals surface area contributed by atoms with E-state index >= 15 is 0 Å². The molecule has 0 unspecified atom stereocenters. The molecule has 1 amide bonds. The van der Waals surface area contributed by atoms with Crippen molar-refractivity contribution in [2.75, 3.05) is 18.2 Å². The Morgan fingerprint density at radius 1 is 1.16 bits per heavy atom. The first-order valence-electron chi connectivity index (χ1n) is 9.72. The number of thioether (sulfide) groups is 1. The maximum atomic E-state index is 13.1. The molecule has 0 spiro atoms. The lowest BCUT2D eigenvalue weighted by Gasteiger charge is -2.20. The fraction of sp³-hybridized carbons (Fsp3) is 0.174. The van der Waals surface area contributed by atoms with Crippen LogP contribution in [0.1, 0.15) is 18.4 Å². The number of hydrogen-bond donors (Lipinski definition) is 1. The van der Waals surface area contributed by atoms with Crippen LogP contribution >= 0.6 is 35.0 Å². The van der Waals surface area contributed by atoms with E-state index in [9.17, 15) is 13.2 Å². The molecule has 0 radical (unpaired) electrons. The third-order valence-corrected chi connectivity index (χ3v) is 8.58. The van der Waals surface area contributed by atoms with Crippen molar-refractivity contribution in [2.24, 2.45) is 0 Å². The number of rotatable bonds is 5. The number of carbonyl (C=O) groups is 1. The number of hydrogen-bond acceptors (Lipinski definition) is 5. The van der Waals surface area contributed by atoms with Gasteiger partial charge in [0.05, 0.1) is 28.4 Å². The van der Waals surface area contributed by atoms with Gasteiger partial charge in [-0.2, -0.15) is 0 Å². The number of sulfone groups is 1. The van der Waals surface area contributed by atoms with Gasteiger partial charge in [-0.1, -0.05) is 53.2 Å². The second-order valence-corrected chi connectivity index (χ2v) is 11.2. The average Bonchev–Trinajstić information content (AvgIpc) is 2.77. The number of carbonyl (C=O) groups excluding carboxylic acids is 1. The van der Waals surface area contributed by atoms with Gasteiger partial charge in [0, 0.05) is 20.5 Å². The first-order valence-corrected chi connectivity index (χ1v) is 12.9. The summed E-state index contributed by atoms with van der Waals surface area (Å²) in [6.07, 6.45) is 4.81. The summed E-state index contributed by atoms with van der Waals surface area (Å²) in [6, 6.07) is 12.0. The highest BCUT2D eigenvalue weighted by Gasteiger charge is 2.26. The van der Waals surface area contributed by atoms with Gasteiger partial charge in [0.2, 0.25) is 0 Å². The average molecular weight is 508 g/mol. The van der Waals surface area contributed by atoms with Crippen molar-refractivity contribution in [1.29, 1.82) is 0 Å². The highest BCUT2D eigenvalue weighted by molar-refractivity contribution is 8.04. The molecule has 2 aromatic carbocycles. The molecular formula is C23H19Cl2NO4S2. The Morgan fingerprint density at radius 2 is 1.91 bits per heavy atom. The van der Waals surface area contributed by atoms with Crippen LogP contribution < -0.4 is 10.1 Å². The molecule has 5 nitrogen and oxygen atoms in total. The van der Waals surface area contributed by atoms with E-state index in [0.717, 1.165) is 11.3 Å². The summed E-state index contributed by atoms with van der Waals surface area (Å²) >= 11 is 13.7. The Labute approximate surface area is 201 Å². The summed E-state index contributed by atoms with van der Waals surface area (Å²) in [7, 11) is -2.10. The zero-order valence-electron chi connectivity index (χ0n) is 17.0. The number of ether oxygens (including phenoxy) is 1. The molecule has 1 heterocycles. The van der Waals surface area contributed by atoms with Gasteiger partial charge in [0.25, 0.3) is 5.91 Å². The fourth-order valence-electron chi connectivity index (χ4n) is 3.33. The predicted molar refractivity (Wildman–Crippen MR) is 130 cm³/mol. The molecule has 1 N–H and O–H groups in total. The van der Waals surface area contributed by atoms with Crippen molar-refractivity contribution in [2.45, 2.75) is 22.6 Å². The van der Waals surface area contributed by atoms with Gasteiger partial charge in [-0.3, -0.25) is 4.79 Å². The number of anilines is 1. The Morgan fingerprint density at radius 3 is 2.59 bits per heavy atom. The van der Waals surface area contributed by atoms with Crippen LogP contribution in [0.2, 0.25) is 0 Å². The third kappa shape index (κ3) is 4.91. The van der Waals surface area contributed by atoms with Gasteiger partial charge >= 0.3 is 0 Å². The molecule has 0 fully saturated rings. The van der Waals surface area contributed by atoms with Gasteiger partial charge in [-0.25, -0.2) is 8.42 Å². The molecule has 0 bridgehead atoms. The van der Waals surface area contributed by atoms with Crippen LogP contribution in [0.5, 0.6) is 5.75 Å². The lowest BCUT2D eigenvalue weighted by molar-refractivity contribution is -0.112. The SMILES string of the molecule is COc1ccc(/C=C2\Sc3cc(S(=O)(=O)CC4=C(Cl)CCC=C4Cl)ccc3NC2=O)cc1. The van der Waals surface area contributed by atoms with Crippen LogP contribution in [0.3, 0.4) is 0 Å². The molecule has 4 rings (SSSR count). The predicted octanol–water partition coefficient (Wildman–Crippen LogP) is 5.96. The standard InChI is InChI=1S/C23H19Cl2NO4S2/c1-30-15-7-5-14(6-8-15)11-22-23(27)26-20-10-9-16(12-21(20)31-22)32(28,29)13-17-18(24)3-2-4-19(17)25/h3,5-12H,2,4,13H2,1H3,(H,26,27)/b22-11-. The molecular weight excluding hydrogens is 489 g/mol. The Balaban J connectivity index is 1.62. The van der Waals surface area contributed by atoms with Crippen molar-refractivity contribution < 1.29 is 17.9 Å². The van der Waals surface area contributed by atoms with Crippen LogP contribution in [0.15, 0.2) is 78.9 Å². The molecule has 9 heteroatoms. The van der Waals surface area contributed by atoms with Crippen LogP contribution in [0, 0.1) is 0 Å². The van der Waals surface area contributed by atoms with Gasteiger partial charge in [0.1, 0.15) is 5.75 Å². The second kappa shape index (κ2) is 9.35. The molecule has 0 saturated heterocycles. The Kier molecular flexibility index (Phi) is 6.72. The molecule has 0 aromatic heterocycles. The summed E-state index contributed by atoms with van der Waals surface area (Å²) in [5.41, 5.74) is 1.84. The first kappa shape index (κ1) is 23.0. The van der Waals surface area contributed by atoms with Crippen molar-refractivity contribution in [3.63, 3.8) is 0 Å². The molecule has 166 valence electrons. The number of benzene rings is 2.